The van der Waals surface area contributed by atoms with Gasteiger partial charge in [-0.2, -0.15) is 0 Å². The van der Waals surface area contributed by atoms with Gasteiger partial charge in [-0.1, -0.05) is 0 Å². The van der Waals surface area contributed by atoms with Gasteiger partial charge in [0.1, 0.15) is 6.10 Å². The molecule has 0 spiro atoms. The van der Waals surface area contributed by atoms with Crippen LogP contribution in [0.2, 0.25) is 0 Å². The lowest BCUT2D eigenvalue weighted by Gasteiger charge is -2.56. The predicted molar refractivity (Wildman–Crippen MR) is 61.2 cm³/mol. The number of hydrogen-bond donors (Lipinski definition) is 0. The largest absolute Gasteiger partial charge is 0.378 e. The van der Waals surface area contributed by atoms with E-state index in [1.807, 2.05) is 0 Å². The number of hydrogen-bond acceptors (Lipinski definition) is 2. The van der Waals surface area contributed by atoms with Crippen molar-refractivity contribution in [3.63, 3.8) is 0 Å². The molecule has 90 valence electrons. The first-order valence-corrected chi connectivity index (χ1v) is 7.01. The zero-order chi connectivity index (χ0) is 10.6. The van der Waals surface area contributed by atoms with Crippen molar-refractivity contribution in [2.75, 3.05) is 19.8 Å². The van der Waals surface area contributed by atoms with E-state index in [0.29, 0.717) is 11.5 Å². The lowest BCUT2D eigenvalue weighted by molar-refractivity contribution is -0.0975. The number of ether oxygens (including phenoxy) is 2. The predicted octanol–water partition coefficient (Wildman–Crippen LogP) is 2.62. The van der Waals surface area contributed by atoms with Crippen LogP contribution in [0.1, 0.15) is 38.5 Å². The summed E-state index contributed by atoms with van der Waals surface area (Å²) < 4.78 is 11.1. The fourth-order valence-electron chi connectivity index (χ4n) is 5.04. The Kier molecular flexibility index (Phi) is 2.14. The highest BCUT2D eigenvalue weighted by atomic mass is 16.6. The quantitative estimate of drug-likeness (QED) is 0.682. The highest BCUT2D eigenvalue weighted by Gasteiger charge is 2.50. The van der Waals surface area contributed by atoms with Crippen LogP contribution in [0.4, 0.5) is 0 Å². The van der Waals surface area contributed by atoms with E-state index < -0.39 is 0 Å². The summed E-state index contributed by atoms with van der Waals surface area (Å²) in [6.45, 7) is 2.80. The van der Waals surface area contributed by atoms with Crippen molar-refractivity contribution in [2.45, 2.75) is 44.6 Å². The van der Waals surface area contributed by atoms with Crippen molar-refractivity contribution in [1.29, 1.82) is 0 Å². The molecule has 2 heteroatoms. The molecular formula is C14H22O2. The van der Waals surface area contributed by atoms with Gasteiger partial charge in [0.05, 0.1) is 19.8 Å². The second-order valence-corrected chi connectivity index (χ2v) is 6.89. The monoisotopic (exact) mass is 222 g/mol. The standard InChI is InChI=1S/C14H22O2/c1-10-2-12-3-11(1)5-14(4-10,6-12)9-15-7-13-8-16-13/h10-13H,1-9H2. The van der Waals surface area contributed by atoms with Gasteiger partial charge in [0, 0.05) is 0 Å². The van der Waals surface area contributed by atoms with E-state index in [-0.39, 0.29) is 0 Å². The van der Waals surface area contributed by atoms with Crippen LogP contribution < -0.4 is 0 Å². The van der Waals surface area contributed by atoms with Gasteiger partial charge in [0.25, 0.3) is 0 Å². The fourth-order valence-corrected chi connectivity index (χ4v) is 5.04. The number of rotatable bonds is 4. The highest BCUT2D eigenvalue weighted by molar-refractivity contribution is 5.01. The van der Waals surface area contributed by atoms with Gasteiger partial charge in [-0.05, 0) is 61.7 Å². The van der Waals surface area contributed by atoms with Crippen molar-refractivity contribution in [2.24, 2.45) is 23.2 Å². The van der Waals surface area contributed by atoms with E-state index in [0.717, 1.165) is 37.6 Å². The van der Waals surface area contributed by atoms with Crippen LogP contribution in [0, 0.1) is 23.2 Å². The molecule has 0 aromatic carbocycles. The molecule has 16 heavy (non-hydrogen) atoms. The van der Waals surface area contributed by atoms with Crippen molar-refractivity contribution in [3.8, 4) is 0 Å². The molecule has 5 aliphatic rings. The van der Waals surface area contributed by atoms with Gasteiger partial charge in [-0.3, -0.25) is 0 Å². The third-order valence-corrected chi connectivity index (χ3v) is 5.28. The third kappa shape index (κ3) is 1.70. The third-order valence-electron chi connectivity index (χ3n) is 5.28. The van der Waals surface area contributed by atoms with Crippen molar-refractivity contribution >= 4 is 0 Å². The summed E-state index contributed by atoms with van der Waals surface area (Å²) in [5.41, 5.74) is 0.587. The van der Waals surface area contributed by atoms with Gasteiger partial charge in [-0.15, -0.1) is 0 Å². The molecule has 1 unspecified atom stereocenters. The molecule has 4 bridgehead atoms. The molecule has 0 aromatic heterocycles. The van der Waals surface area contributed by atoms with Crippen LogP contribution in [0.25, 0.3) is 0 Å². The zero-order valence-corrected chi connectivity index (χ0v) is 9.99. The Morgan fingerprint density at radius 2 is 1.56 bits per heavy atom. The molecule has 0 aromatic rings. The van der Waals surface area contributed by atoms with Gasteiger partial charge >= 0.3 is 0 Å². The summed E-state index contributed by atoms with van der Waals surface area (Å²) in [5.74, 6) is 3.14. The smallest absolute Gasteiger partial charge is 0.104 e. The van der Waals surface area contributed by atoms with E-state index in [2.05, 4.69) is 0 Å². The lowest BCUT2D eigenvalue weighted by atomic mass is 9.50. The Balaban J connectivity index is 1.40. The van der Waals surface area contributed by atoms with Gasteiger partial charge in [-0.25, -0.2) is 0 Å². The molecular weight excluding hydrogens is 200 g/mol. The van der Waals surface area contributed by atoms with Crippen LogP contribution in [0.15, 0.2) is 0 Å². The molecule has 1 heterocycles. The first-order valence-electron chi connectivity index (χ1n) is 7.01. The van der Waals surface area contributed by atoms with Gasteiger partial charge in [0.2, 0.25) is 0 Å². The molecule has 2 nitrogen and oxygen atoms in total. The normalized spacial score (nSPS) is 53.2. The minimum absolute atomic E-state index is 0.439. The Morgan fingerprint density at radius 1 is 1.00 bits per heavy atom. The Bertz CT molecular complexity index is 247. The van der Waals surface area contributed by atoms with Gasteiger partial charge < -0.3 is 9.47 Å². The van der Waals surface area contributed by atoms with Crippen LogP contribution in [-0.4, -0.2) is 25.9 Å². The zero-order valence-electron chi connectivity index (χ0n) is 9.99. The van der Waals surface area contributed by atoms with Crippen molar-refractivity contribution in [1.82, 2.24) is 0 Å². The Labute approximate surface area is 97.7 Å². The maximum absolute atomic E-state index is 5.92. The van der Waals surface area contributed by atoms with Gasteiger partial charge in [0.15, 0.2) is 0 Å². The van der Waals surface area contributed by atoms with Crippen LogP contribution in [0.3, 0.4) is 0 Å². The molecule has 0 radical (unpaired) electrons. The van der Waals surface area contributed by atoms with Crippen LogP contribution >= 0.6 is 0 Å². The lowest BCUT2D eigenvalue weighted by Crippen LogP contribution is -2.48. The summed E-state index contributed by atoms with van der Waals surface area (Å²) in [5, 5.41) is 0. The van der Waals surface area contributed by atoms with E-state index in [9.17, 15) is 0 Å². The molecule has 1 atom stereocenters. The fraction of sp³-hybridized carbons (Fsp3) is 1.00. The molecule has 5 fully saturated rings. The summed E-state index contributed by atoms with van der Waals surface area (Å²) in [4.78, 5) is 0. The average Bonchev–Trinajstić information content (AvgIpc) is 2.98. The Hall–Kier alpha value is -0.0800. The summed E-state index contributed by atoms with van der Waals surface area (Å²) in [7, 11) is 0. The minimum Gasteiger partial charge on any atom is -0.378 e. The topological polar surface area (TPSA) is 21.8 Å². The summed E-state index contributed by atoms with van der Waals surface area (Å²) in [6.07, 6.45) is 9.43. The second-order valence-electron chi connectivity index (χ2n) is 6.89. The van der Waals surface area contributed by atoms with Crippen LogP contribution in [0.5, 0.6) is 0 Å². The van der Waals surface area contributed by atoms with Crippen molar-refractivity contribution in [3.05, 3.63) is 0 Å². The Morgan fingerprint density at radius 3 is 2.06 bits per heavy atom. The molecule has 0 N–H and O–H groups in total. The average molecular weight is 222 g/mol. The maximum atomic E-state index is 5.92. The second kappa shape index (κ2) is 3.46. The molecule has 5 rings (SSSR count). The van der Waals surface area contributed by atoms with E-state index in [1.165, 1.54) is 38.5 Å². The number of epoxide rings is 1. The van der Waals surface area contributed by atoms with Crippen molar-refractivity contribution < 1.29 is 9.47 Å². The molecule has 4 saturated carbocycles. The van der Waals surface area contributed by atoms with E-state index in [1.54, 1.807) is 0 Å². The minimum atomic E-state index is 0.439. The molecule has 1 aliphatic heterocycles. The van der Waals surface area contributed by atoms with Crippen LogP contribution in [-0.2, 0) is 9.47 Å². The summed E-state index contributed by atoms with van der Waals surface area (Å²) >= 11 is 0. The first-order chi connectivity index (χ1) is 7.81. The van der Waals surface area contributed by atoms with E-state index in [4.69, 9.17) is 9.47 Å². The highest BCUT2D eigenvalue weighted by Crippen LogP contribution is 2.60. The summed E-state index contributed by atoms with van der Waals surface area (Å²) in [6, 6.07) is 0. The molecule has 4 aliphatic carbocycles. The maximum Gasteiger partial charge on any atom is 0.104 e. The SMILES string of the molecule is C1C2CC3CC1CC(COCC1CO1)(C2)C3. The molecule has 1 saturated heterocycles. The van der Waals surface area contributed by atoms with E-state index >= 15 is 0 Å². The molecule has 0 amide bonds. The first kappa shape index (κ1) is 9.90.